The van der Waals surface area contributed by atoms with Crippen LogP contribution < -0.4 is 20.9 Å². The molecule has 1 heterocycles. The van der Waals surface area contributed by atoms with E-state index in [-0.39, 0.29) is 5.91 Å². The van der Waals surface area contributed by atoms with E-state index in [2.05, 4.69) is 84.6 Å². The van der Waals surface area contributed by atoms with Gasteiger partial charge in [0.05, 0.1) is 13.1 Å². The first-order chi connectivity index (χ1) is 13.9. The van der Waals surface area contributed by atoms with Crippen LogP contribution in [0.5, 0.6) is 0 Å². The monoisotopic (exact) mass is 402 g/mol. The van der Waals surface area contributed by atoms with E-state index in [9.17, 15) is 4.79 Å². The van der Waals surface area contributed by atoms with Crippen molar-refractivity contribution in [3.63, 3.8) is 0 Å². The molecule has 1 fully saturated rings. The molecule has 1 amide bonds. The van der Waals surface area contributed by atoms with Crippen molar-refractivity contribution >= 4 is 17.6 Å². The van der Waals surface area contributed by atoms with Crippen LogP contribution in [-0.2, 0) is 11.3 Å². The molecule has 1 aliphatic rings. The number of aliphatic imine (C=N–C) groups is 1. The van der Waals surface area contributed by atoms with Gasteiger partial charge in [0.2, 0.25) is 5.91 Å². The SMILES string of the molecule is CCNC(=NCc1ccc(N2CCNC(=O)C2)cc1)NCCN(C(C)C)C(C)C. The molecule has 1 aromatic rings. The summed E-state index contributed by atoms with van der Waals surface area (Å²) in [6.45, 7) is 16.3. The molecule has 7 heteroatoms. The van der Waals surface area contributed by atoms with Gasteiger partial charge in [-0.25, -0.2) is 4.99 Å². The molecular weight excluding hydrogens is 364 g/mol. The lowest BCUT2D eigenvalue weighted by molar-refractivity contribution is -0.120. The predicted molar refractivity (Wildman–Crippen MR) is 121 cm³/mol. The highest BCUT2D eigenvalue weighted by Gasteiger charge is 2.16. The summed E-state index contributed by atoms with van der Waals surface area (Å²) >= 11 is 0. The van der Waals surface area contributed by atoms with Crippen LogP contribution in [-0.4, -0.2) is 68.1 Å². The van der Waals surface area contributed by atoms with Crippen LogP contribution in [0.3, 0.4) is 0 Å². The predicted octanol–water partition coefficient (Wildman–Crippen LogP) is 1.80. The Balaban J connectivity index is 1.89. The molecule has 1 aromatic carbocycles. The molecule has 0 aliphatic carbocycles. The molecule has 0 aromatic heterocycles. The molecule has 1 aliphatic heterocycles. The largest absolute Gasteiger partial charge is 0.360 e. The van der Waals surface area contributed by atoms with Crippen molar-refractivity contribution in [3.8, 4) is 0 Å². The smallest absolute Gasteiger partial charge is 0.239 e. The highest BCUT2D eigenvalue weighted by molar-refractivity contribution is 5.82. The molecule has 29 heavy (non-hydrogen) atoms. The lowest BCUT2D eigenvalue weighted by atomic mass is 10.2. The summed E-state index contributed by atoms with van der Waals surface area (Å²) in [5.41, 5.74) is 2.23. The van der Waals surface area contributed by atoms with Crippen molar-refractivity contribution in [2.24, 2.45) is 4.99 Å². The van der Waals surface area contributed by atoms with E-state index in [0.717, 1.165) is 43.4 Å². The van der Waals surface area contributed by atoms with Gasteiger partial charge in [-0.15, -0.1) is 0 Å². The van der Waals surface area contributed by atoms with Gasteiger partial charge < -0.3 is 20.9 Å². The third kappa shape index (κ3) is 7.57. The standard InChI is InChI=1S/C22H38N6O/c1-6-23-22(25-12-14-28(17(2)3)18(4)5)26-15-19-7-9-20(10-8-19)27-13-11-24-21(29)16-27/h7-10,17-18H,6,11-16H2,1-5H3,(H,24,29)(H2,23,25,26). The van der Waals surface area contributed by atoms with E-state index in [1.807, 2.05) is 0 Å². The topological polar surface area (TPSA) is 72.0 Å². The van der Waals surface area contributed by atoms with E-state index in [4.69, 9.17) is 4.99 Å². The van der Waals surface area contributed by atoms with Gasteiger partial charge >= 0.3 is 0 Å². The Bertz CT molecular complexity index is 648. The number of hydrogen-bond donors (Lipinski definition) is 3. The Kier molecular flexibility index (Phi) is 9.25. The first-order valence-electron chi connectivity index (χ1n) is 10.8. The fraction of sp³-hybridized carbons (Fsp3) is 0.636. The molecule has 3 N–H and O–H groups in total. The number of nitrogens with one attached hydrogen (secondary N) is 3. The molecule has 2 rings (SSSR count). The number of piperazine rings is 1. The van der Waals surface area contributed by atoms with Gasteiger partial charge in [-0.1, -0.05) is 12.1 Å². The molecule has 0 atom stereocenters. The van der Waals surface area contributed by atoms with Crippen molar-refractivity contribution < 1.29 is 4.79 Å². The van der Waals surface area contributed by atoms with Crippen molar-refractivity contribution in [2.75, 3.05) is 44.2 Å². The van der Waals surface area contributed by atoms with Gasteiger partial charge in [-0.2, -0.15) is 0 Å². The van der Waals surface area contributed by atoms with Crippen LogP contribution in [0, 0.1) is 0 Å². The zero-order valence-corrected chi connectivity index (χ0v) is 18.7. The second-order valence-electron chi connectivity index (χ2n) is 7.99. The van der Waals surface area contributed by atoms with E-state index in [1.54, 1.807) is 0 Å². The molecule has 7 nitrogen and oxygen atoms in total. The van der Waals surface area contributed by atoms with E-state index >= 15 is 0 Å². The van der Waals surface area contributed by atoms with Crippen LogP contribution >= 0.6 is 0 Å². The summed E-state index contributed by atoms with van der Waals surface area (Å²) in [5, 5.41) is 9.62. The second kappa shape index (κ2) is 11.7. The number of amides is 1. The summed E-state index contributed by atoms with van der Waals surface area (Å²) in [5.74, 6) is 0.927. The number of nitrogens with zero attached hydrogens (tertiary/aromatic N) is 3. The van der Waals surface area contributed by atoms with Crippen LogP contribution in [0.25, 0.3) is 0 Å². The minimum atomic E-state index is 0.0831. The third-order valence-electron chi connectivity index (χ3n) is 5.09. The number of carbonyl (C=O) groups is 1. The number of rotatable bonds is 9. The van der Waals surface area contributed by atoms with Gasteiger partial charge in [0, 0.05) is 50.5 Å². The van der Waals surface area contributed by atoms with Gasteiger partial charge in [0.1, 0.15) is 0 Å². The first-order valence-corrected chi connectivity index (χ1v) is 10.8. The number of anilines is 1. The van der Waals surface area contributed by atoms with Gasteiger partial charge in [-0.05, 0) is 52.3 Å². The van der Waals surface area contributed by atoms with E-state index < -0.39 is 0 Å². The molecular formula is C22H38N6O. The maximum absolute atomic E-state index is 11.6. The zero-order chi connectivity index (χ0) is 21.2. The lowest BCUT2D eigenvalue weighted by Gasteiger charge is -2.30. The molecule has 0 saturated carbocycles. The minimum Gasteiger partial charge on any atom is -0.360 e. The summed E-state index contributed by atoms with van der Waals surface area (Å²) in [4.78, 5) is 20.9. The van der Waals surface area contributed by atoms with Crippen LogP contribution in [0.1, 0.15) is 40.2 Å². The molecule has 0 unspecified atom stereocenters. The molecule has 0 bridgehead atoms. The summed E-state index contributed by atoms with van der Waals surface area (Å²) in [7, 11) is 0. The van der Waals surface area contributed by atoms with Crippen molar-refractivity contribution in [1.29, 1.82) is 0 Å². The van der Waals surface area contributed by atoms with E-state index in [1.165, 1.54) is 0 Å². The first kappa shape index (κ1) is 23.0. The molecule has 1 saturated heterocycles. The Morgan fingerprint density at radius 3 is 2.45 bits per heavy atom. The zero-order valence-electron chi connectivity index (χ0n) is 18.7. The van der Waals surface area contributed by atoms with Gasteiger partial charge in [0.15, 0.2) is 5.96 Å². The highest BCUT2D eigenvalue weighted by atomic mass is 16.2. The van der Waals surface area contributed by atoms with E-state index in [0.29, 0.717) is 31.7 Å². The minimum absolute atomic E-state index is 0.0831. The fourth-order valence-corrected chi connectivity index (χ4v) is 3.60. The number of benzene rings is 1. The van der Waals surface area contributed by atoms with Crippen molar-refractivity contribution in [2.45, 2.75) is 53.2 Å². The summed E-state index contributed by atoms with van der Waals surface area (Å²) < 4.78 is 0. The lowest BCUT2D eigenvalue weighted by Crippen LogP contribution is -2.47. The maximum atomic E-state index is 11.6. The Morgan fingerprint density at radius 2 is 1.86 bits per heavy atom. The highest BCUT2D eigenvalue weighted by Crippen LogP contribution is 2.16. The molecule has 0 spiro atoms. The summed E-state index contributed by atoms with van der Waals surface area (Å²) in [6.07, 6.45) is 0. The Morgan fingerprint density at radius 1 is 1.17 bits per heavy atom. The third-order valence-corrected chi connectivity index (χ3v) is 5.09. The van der Waals surface area contributed by atoms with Crippen LogP contribution in [0.4, 0.5) is 5.69 Å². The number of guanidine groups is 1. The van der Waals surface area contributed by atoms with Gasteiger partial charge in [-0.3, -0.25) is 9.69 Å². The number of carbonyl (C=O) groups excluding carboxylic acids is 1. The average Bonchev–Trinajstić information content (AvgIpc) is 2.69. The quantitative estimate of drug-likeness (QED) is 0.434. The normalized spacial score (nSPS) is 15.2. The molecule has 0 radical (unpaired) electrons. The molecule has 162 valence electrons. The van der Waals surface area contributed by atoms with Crippen LogP contribution in [0.2, 0.25) is 0 Å². The average molecular weight is 403 g/mol. The van der Waals surface area contributed by atoms with Crippen molar-refractivity contribution in [1.82, 2.24) is 20.9 Å². The fourth-order valence-electron chi connectivity index (χ4n) is 3.60. The van der Waals surface area contributed by atoms with Gasteiger partial charge in [0.25, 0.3) is 0 Å². The number of hydrogen-bond acceptors (Lipinski definition) is 4. The second-order valence-corrected chi connectivity index (χ2v) is 7.99. The maximum Gasteiger partial charge on any atom is 0.239 e. The Hall–Kier alpha value is -2.28. The van der Waals surface area contributed by atoms with Crippen LogP contribution in [0.15, 0.2) is 29.3 Å². The summed E-state index contributed by atoms with van der Waals surface area (Å²) in [6, 6.07) is 9.39. The van der Waals surface area contributed by atoms with Crippen molar-refractivity contribution in [3.05, 3.63) is 29.8 Å². The Labute approximate surface area is 175 Å².